The molecule has 0 saturated carbocycles. The van der Waals surface area contributed by atoms with Crippen LogP contribution in [0.4, 0.5) is 0 Å². The first-order chi connectivity index (χ1) is 9.38. The van der Waals surface area contributed by atoms with Gasteiger partial charge in [-0.15, -0.1) is 11.3 Å². The van der Waals surface area contributed by atoms with Crippen LogP contribution >= 0.6 is 22.0 Å². The van der Waals surface area contributed by atoms with Crippen molar-refractivity contribution in [3.05, 3.63) is 15.8 Å². The fraction of sp³-hybridized carbons (Fsp3) is 0.583. The van der Waals surface area contributed by atoms with Crippen molar-refractivity contribution in [2.45, 2.75) is 37.2 Å². The molecule has 8 heteroatoms. The zero-order valence-electron chi connectivity index (χ0n) is 10.9. The molecule has 1 atom stereocenters. The summed E-state index contributed by atoms with van der Waals surface area (Å²) in [6.07, 6.45) is 2.91. The maximum atomic E-state index is 11.9. The molecule has 1 aromatic rings. The monoisotopic (exact) mass is 338 g/mol. The summed E-state index contributed by atoms with van der Waals surface area (Å²) < 4.78 is 33.2. The van der Waals surface area contributed by atoms with E-state index in [1.165, 1.54) is 6.07 Å². The summed E-state index contributed by atoms with van der Waals surface area (Å²) in [4.78, 5) is 12.5. The molecule has 0 radical (unpaired) electrons. The minimum atomic E-state index is -3.83. The molecule has 20 heavy (non-hydrogen) atoms. The Kier molecular flexibility index (Phi) is 5.06. The molecule has 1 fully saturated rings. The van der Waals surface area contributed by atoms with Crippen LogP contribution in [0.15, 0.2) is 11.0 Å². The van der Waals surface area contributed by atoms with Crippen LogP contribution in [0.5, 0.6) is 0 Å². The molecule has 2 heterocycles. The highest BCUT2D eigenvalue weighted by Gasteiger charge is 2.22. The summed E-state index contributed by atoms with van der Waals surface area (Å²) in [5.41, 5.74) is 0. The van der Waals surface area contributed by atoms with Crippen LogP contribution in [0.2, 0.25) is 0 Å². The van der Waals surface area contributed by atoms with Crippen LogP contribution in [0.3, 0.4) is 0 Å². The van der Waals surface area contributed by atoms with Gasteiger partial charge < -0.3 is 9.47 Å². The van der Waals surface area contributed by atoms with Gasteiger partial charge in [-0.2, -0.15) is 0 Å². The quantitative estimate of drug-likeness (QED) is 0.623. The predicted molar refractivity (Wildman–Crippen MR) is 76.0 cm³/mol. The van der Waals surface area contributed by atoms with Crippen LogP contribution in [0.1, 0.15) is 33.8 Å². The standard InChI is InChI=1S/C12H15ClO5S2/c1-8-11(20(13,15)16)6-10(19-8)12(14)18-7-9-4-2-3-5-17-9/h6,9H,2-5,7H2,1H3. The van der Waals surface area contributed by atoms with E-state index in [4.69, 9.17) is 20.2 Å². The fourth-order valence-electron chi connectivity index (χ4n) is 1.99. The van der Waals surface area contributed by atoms with Crippen LogP contribution < -0.4 is 0 Å². The van der Waals surface area contributed by atoms with E-state index < -0.39 is 15.0 Å². The number of rotatable bonds is 4. The third kappa shape index (κ3) is 3.94. The number of hydrogen-bond acceptors (Lipinski definition) is 6. The van der Waals surface area contributed by atoms with Gasteiger partial charge in [-0.3, -0.25) is 0 Å². The second kappa shape index (κ2) is 6.43. The van der Waals surface area contributed by atoms with Crippen molar-refractivity contribution >= 4 is 37.0 Å². The van der Waals surface area contributed by atoms with E-state index in [0.29, 0.717) is 11.5 Å². The molecule has 1 aliphatic rings. The lowest BCUT2D eigenvalue weighted by atomic mass is 10.1. The Balaban J connectivity index is 1.99. The summed E-state index contributed by atoms with van der Waals surface area (Å²) in [6.45, 7) is 2.48. The normalized spacial score (nSPS) is 19.8. The SMILES string of the molecule is Cc1sc(C(=O)OCC2CCCCO2)cc1S(=O)(=O)Cl. The van der Waals surface area contributed by atoms with E-state index in [9.17, 15) is 13.2 Å². The summed E-state index contributed by atoms with van der Waals surface area (Å²) in [6, 6.07) is 1.26. The summed E-state index contributed by atoms with van der Waals surface area (Å²) >= 11 is 1.06. The number of esters is 1. The number of carbonyl (C=O) groups is 1. The van der Waals surface area contributed by atoms with E-state index in [2.05, 4.69) is 0 Å². The Morgan fingerprint density at radius 1 is 1.55 bits per heavy atom. The molecule has 0 amide bonds. The number of halogens is 1. The van der Waals surface area contributed by atoms with Crippen LogP contribution in [-0.2, 0) is 18.5 Å². The van der Waals surface area contributed by atoms with Gasteiger partial charge in [0.05, 0.1) is 11.0 Å². The molecule has 1 aliphatic heterocycles. The van der Waals surface area contributed by atoms with Gasteiger partial charge in [0.1, 0.15) is 11.5 Å². The number of aryl methyl sites for hydroxylation is 1. The Bertz CT molecular complexity index is 587. The molecule has 0 N–H and O–H groups in total. The van der Waals surface area contributed by atoms with E-state index in [1.54, 1.807) is 6.92 Å². The van der Waals surface area contributed by atoms with Gasteiger partial charge in [0, 0.05) is 22.2 Å². The van der Waals surface area contributed by atoms with E-state index in [-0.39, 0.29) is 22.5 Å². The molecular formula is C12H15ClO5S2. The van der Waals surface area contributed by atoms with Gasteiger partial charge in [0.25, 0.3) is 9.05 Å². The van der Waals surface area contributed by atoms with Gasteiger partial charge in [-0.1, -0.05) is 0 Å². The molecule has 2 rings (SSSR count). The highest BCUT2D eigenvalue weighted by Crippen LogP contribution is 2.28. The maximum absolute atomic E-state index is 11.9. The van der Waals surface area contributed by atoms with Gasteiger partial charge in [-0.25, -0.2) is 13.2 Å². The molecule has 0 aromatic carbocycles. The van der Waals surface area contributed by atoms with E-state index >= 15 is 0 Å². The van der Waals surface area contributed by atoms with Crippen LogP contribution in [-0.4, -0.2) is 33.7 Å². The Morgan fingerprint density at radius 3 is 2.85 bits per heavy atom. The van der Waals surface area contributed by atoms with Crippen molar-refractivity contribution in [2.75, 3.05) is 13.2 Å². The predicted octanol–water partition coefficient (Wildman–Crippen LogP) is 2.71. The average Bonchev–Trinajstić information content (AvgIpc) is 2.79. The molecule has 1 aromatic heterocycles. The molecule has 1 unspecified atom stereocenters. The lowest BCUT2D eigenvalue weighted by Gasteiger charge is -2.21. The van der Waals surface area contributed by atoms with Crippen LogP contribution in [0, 0.1) is 6.92 Å². The van der Waals surface area contributed by atoms with Crippen molar-refractivity contribution in [3.8, 4) is 0 Å². The van der Waals surface area contributed by atoms with E-state index in [0.717, 1.165) is 30.6 Å². The number of ether oxygens (including phenoxy) is 2. The minimum absolute atomic E-state index is 0.0370. The largest absolute Gasteiger partial charge is 0.459 e. The summed E-state index contributed by atoms with van der Waals surface area (Å²) in [5, 5.41) is 0. The first kappa shape index (κ1) is 15.8. The number of carbonyl (C=O) groups excluding carboxylic acids is 1. The topological polar surface area (TPSA) is 69.7 Å². The van der Waals surface area contributed by atoms with E-state index in [1.807, 2.05) is 0 Å². The van der Waals surface area contributed by atoms with Crippen molar-refractivity contribution in [1.29, 1.82) is 0 Å². The van der Waals surface area contributed by atoms with Gasteiger partial charge in [-0.05, 0) is 32.3 Å². The van der Waals surface area contributed by atoms with Crippen LogP contribution in [0.25, 0.3) is 0 Å². The molecule has 112 valence electrons. The zero-order chi connectivity index (χ0) is 14.8. The lowest BCUT2D eigenvalue weighted by Crippen LogP contribution is -2.25. The van der Waals surface area contributed by atoms with Crippen molar-refractivity contribution in [3.63, 3.8) is 0 Å². The highest BCUT2D eigenvalue weighted by molar-refractivity contribution is 8.13. The second-order valence-electron chi connectivity index (χ2n) is 4.56. The smallest absolute Gasteiger partial charge is 0.348 e. The number of thiophene rings is 1. The molecule has 5 nitrogen and oxygen atoms in total. The Hall–Kier alpha value is -0.630. The van der Waals surface area contributed by atoms with Gasteiger partial charge >= 0.3 is 5.97 Å². The third-order valence-electron chi connectivity index (χ3n) is 3.01. The summed E-state index contributed by atoms with van der Waals surface area (Å²) in [7, 11) is 1.46. The van der Waals surface area contributed by atoms with Gasteiger partial charge in [0.15, 0.2) is 0 Å². The molecule has 0 spiro atoms. The van der Waals surface area contributed by atoms with Gasteiger partial charge in [0.2, 0.25) is 0 Å². The number of hydrogen-bond donors (Lipinski definition) is 0. The fourth-order valence-corrected chi connectivity index (χ4v) is 4.54. The Labute approximate surface area is 126 Å². The third-order valence-corrected chi connectivity index (χ3v) is 5.62. The first-order valence-electron chi connectivity index (χ1n) is 6.22. The van der Waals surface area contributed by atoms with Crippen molar-refractivity contribution < 1.29 is 22.7 Å². The minimum Gasteiger partial charge on any atom is -0.459 e. The lowest BCUT2D eigenvalue weighted by molar-refractivity contribution is -0.0298. The Morgan fingerprint density at radius 2 is 2.30 bits per heavy atom. The molecule has 0 bridgehead atoms. The maximum Gasteiger partial charge on any atom is 0.348 e. The van der Waals surface area contributed by atoms with Crippen molar-refractivity contribution in [2.24, 2.45) is 0 Å². The second-order valence-corrected chi connectivity index (χ2v) is 8.35. The van der Waals surface area contributed by atoms with Crippen molar-refractivity contribution in [1.82, 2.24) is 0 Å². The molecule has 1 saturated heterocycles. The summed E-state index contributed by atoms with van der Waals surface area (Å²) in [5.74, 6) is -0.543. The first-order valence-corrected chi connectivity index (χ1v) is 9.34. The highest BCUT2D eigenvalue weighted by atomic mass is 35.7. The molecule has 0 aliphatic carbocycles. The molecular weight excluding hydrogens is 324 g/mol. The zero-order valence-corrected chi connectivity index (χ0v) is 13.3. The average molecular weight is 339 g/mol.